The van der Waals surface area contributed by atoms with Crippen molar-refractivity contribution in [1.82, 2.24) is 4.57 Å². The van der Waals surface area contributed by atoms with Crippen LogP contribution in [0, 0.1) is 0 Å². The molecule has 0 amide bonds. The number of benzene rings is 2. The lowest BCUT2D eigenvalue weighted by Gasteiger charge is -2.26. The Morgan fingerprint density at radius 3 is 2.40 bits per heavy atom. The third-order valence-corrected chi connectivity index (χ3v) is 8.11. The highest BCUT2D eigenvalue weighted by Gasteiger charge is 2.34. The Kier molecular flexibility index (Phi) is 8.40. The van der Waals surface area contributed by atoms with Crippen LogP contribution < -0.4 is 14.9 Å². The highest BCUT2D eigenvalue weighted by molar-refractivity contribution is 7.07. The van der Waals surface area contributed by atoms with E-state index in [-0.39, 0.29) is 17.7 Å². The SMILES string of the molecule is CCCC1=C(C(=O)OCC)C(c2ccc(C(C)C)cc2)n2c(s/c(=C\c3ccc(-c4ccc(C(=O)O)cc4)o3)c2=O)=N1. The first-order chi connectivity index (χ1) is 20.2. The molecule has 0 bridgehead atoms. The molecular formula is C33H32N2O6S. The van der Waals surface area contributed by atoms with Gasteiger partial charge in [0.25, 0.3) is 5.56 Å². The molecule has 5 rings (SSSR count). The van der Waals surface area contributed by atoms with Gasteiger partial charge in [0.2, 0.25) is 0 Å². The number of aromatic nitrogens is 1. The van der Waals surface area contributed by atoms with Crippen molar-refractivity contribution in [2.75, 3.05) is 6.61 Å². The number of aromatic carboxylic acids is 1. The lowest BCUT2D eigenvalue weighted by molar-refractivity contribution is -0.139. The van der Waals surface area contributed by atoms with Crippen molar-refractivity contribution in [3.8, 4) is 11.3 Å². The maximum absolute atomic E-state index is 14.0. The number of rotatable bonds is 9. The highest BCUT2D eigenvalue weighted by atomic mass is 32.1. The number of allylic oxidation sites excluding steroid dienone is 1. The Balaban J connectivity index is 1.63. The van der Waals surface area contributed by atoms with Crippen molar-refractivity contribution < 1.29 is 23.8 Å². The zero-order chi connectivity index (χ0) is 30.0. The molecule has 8 nitrogen and oxygen atoms in total. The van der Waals surface area contributed by atoms with Gasteiger partial charge in [-0.15, -0.1) is 0 Å². The molecule has 9 heteroatoms. The Bertz CT molecular complexity index is 1840. The number of carbonyl (C=O) groups excluding carboxylic acids is 1. The summed E-state index contributed by atoms with van der Waals surface area (Å²) in [4.78, 5) is 43.8. The number of fused-ring (bicyclic) bond motifs is 1. The van der Waals surface area contributed by atoms with Gasteiger partial charge in [-0.25, -0.2) is 14.6 Å². The second-order valence-corrected chi connectivity index (χ2v) is 11.3. The van der Waals surface area contributed by atoms with Gasteiger partial charge in [-0.1, -0.05) is 74.9 Å². The Hall–Kier alpha value is -4.50. The summed E-state index contributed by atoms with van der Waals surface area (Å²) < 4.78 is 13.5. The van der Waals surface area contributed by atoms with Crippen LogP contribution in [0.2, 0.25) is 0 Å². The summed E-state index contributed by atoms with van der Waals surface area (Å²) in [7, 11) is 0. The summed E-state index contributed by atoms with van der Waals surface area (Å²) in [6, 6.07) is 17.2. The molecular weight excluding hydrogens is 552 g/mol. The monoisotopic (exact) mass is 584 g/mol. The van der Waals surface area contributed by atoms with E-state index in [1.165, 1.54) is 23.5 Å². The molecule has 3 heterocycles. The van der Waals surface area contributed by atoms with Gasteiger partial charge < -0.3 is 14.3 Å². The van der Waals surface area contributed by atoms with Crippen LogP contribution in [0.25, 0.3) is 17.4 Å². The van der Waals surface area contributed by atoms with Gasteiger partial charge in [-0.05, 0) is 54.7 Å². The minimum Gasteiger partial charge on any atom is -0.478 e. The molecule has 0 spiro atoms. The van der Waals surface area contributed by atoms with Gasteiger partial charge in [0.05, 0.1) is 34.0 Å². The van der Waals surface area contributed by atoms with Gasteiger partial charge in [-0.2, -0.15) is 0 Å². The second-order valence-electron chi connectivity index (χ2n) is 10.3. The third-order valence-electron chi connectivity index (χ3n) is 7.13. The van der Waals surface area contributed by atoms with E-state index in [1.54, 1.807) is 41.8 Å². The summed E-state index contributed by atoms with van der Waals surface area (Å²) in [5, 5.41) is 9.16. The quantitative estimate of drug-likeness (QED) is 0.254. The number of carboxylic acid groups (broad SMARTS) is 1. The maximum atomic E-state index is 14.0. The summed E-state index contributed by atoms with van der Waals surface area (Å²) >= 11 is 1.25. The number of thiazole rings is 1. The first-order valence-electron chi connectivity index (χ1n) is 14.0. The van der Waals surface area contributed by atoms with E-state index in [4.69, 9.17) is 19.3 Å². The molecule has 0 aliphatic carbocycles. The van der Waals surface area contributed by atoms with Crippen LogP contribution in [-0.4, -0.2) is 28.2 Å². The molecule has 4 aromatic rings. The van der Waals surface area contributed by atoms with Crippen LogP contribution in [-0.2, 0) is 9.53 Å². The summed E-state index contributed by atoms with van der Waals surface area (Å²) in [5.41, 5.74) is 3.61. The number of carbonyl (C=O) groups is 2. The van der Waals surface area contributed by atoms with E-state index >= 15 is 0 Å². The van der Waals surface area contributed by atoms with E-state index in [9.17, 15) is 14.4 Å². The molecule has 0 radical (unpaired) electrons. The smallest absolute Gasteiger partial charge is 0.338 e. The van der Waals surface area contributed by atoms with Crippen molar-refractivity contribution in [3.63, 3.8) is 0 Å². The molecule has 1 N–H and O–H groups in total. The first kappa shape index (κ1) is 29.0. The number of ether oxygens (including phenoxy) is 1. The molecule has 2 aromatic heterocycles. The van der Waals surface area contributed by atoms with Crippen molar-refractivity contribution in [2.45, 2.75) is 52.5 Å². The van der Waals surface area contributed by atoms with Crippen molar-refractivity contribution >= 4 is 29.4 Å². The minimum absolute atomic E-state index is 0.185. The van der Waals surface area contributed by atoms with Crippen LogP contribution in [0.1, 0.15) is 79.7 Å². The first-order valence-corrected chi connectivity index (χ1v) is 14.8. The lowest BCUT2D eigenvalue weighted by Crippen LogP contribution is -2.40. The highest BCUT2D eigenvalue weighted by Crippen LogP contribution is 2.33. The summed E-state index contributed by atoms with van der Waals surface area (Å²) in [6.45, 7) is 8.23. The molecule has 0 saturated carbocycles. The van der Waals surface area contributed by atoms with E-state index in [0.29, 0.717) is 50.0 Å². The van der Waals surface area contributed by atoms with Crippen LogP contribution in [0.5, 0.6) is 0 Å². The average molecular weight is 585 g/mol. The fourth-order valence-electron chi connectivity index (χ4n) is 4.99. The van der Waals surface area contributed by atoms with E-state index in [1.807, 2.05) is 31.2 Å². The van der Waals surface area contributed by atoms with Gasteiger partial charge in [-0.3, -0.25) is 9.36 Å². The average Bonchev–Trinajstić information content (AvgIpc) is 3.57. The topological polar surface area (TPSA) is 111 Å². The second kappa shape index (κ2) is 12.2. The molecule has 2 aromatic carbocycles. The molecule has 216 valence electrons. The predicted molar refractivity (Wildman–Crippen MR) is 161 cm³/mol. The molecule has 1 aliphatic rings. The molecule has 42 heavy (non-hydrogen) atoms. The number of carboxylic acids is 1. The summed E-state index contributed by atoms with van der Waals surface area (Å²) in [5.74, 6) is -0.122. The largest absolute Gasteiger partial charge is 0.478 e. The molecule has 1 unspecified atom stereocenters. The number of furan rings is 1. The normalized spacial score (nSPS) is 15.1. The number of esters is 1. The van der Waals surface area contributed by atoms with Crippen molar-refractivity contribution in [3.05, 3.63) is 114 Å². The Morgan fingerprint density at radius 1 is 1.07 bits per heavy atom. The van der Waals surface area contributed by atoms with E-state index < -0.39 is 18.0 Å². The fraction of sp³-hybridized carbons (Fsp3) is 0.273. The fourth-order valence-corrected chi connectivity index (χ4v) is 5.99. The number of hydrogen-bond acceptors (Lipinski definition) is 7. The summed E-state index contributed by atoms with van der Waals surface area (Å²) in [6.07, 6.45) is 3.02. The standard InChI is InChI=1S/C33H32N2O6S/c1-5-7-25-28(32(39)40-6-2)29(22-12-8-20(9-13-22)19(3)4)35-30(36)27(42-33(35)34-25)18-24-16-17-26(41-24)21-10-14-23(15-11-21)31(37)38/h8-19,29H,5-7H2,1-4H3,(H,37,38)/b27-18-. The maximum Gasteiger partial charge on any atom is 0.338 e. The third kappa shape index (κ3) is 5.65. The van der Waals surface area contributed by atoms with Crippen molar-refractivity contribution in [2.24, 2.45) is 4.99 Å². The Morgan fingerprint density at radius 2 is 1.79 bits per heavy atom. The number of hydrogen-bond donors (Lipinski definition) is 1. The van der Waals surface area contributed by atoms with E-state index in [0.717, 1.165) is 17.5 Å². The lowest BCUT2D eigenvalue weighted by atomic mass is 9.92. The van der Waals surface area contributed by atoms with Crippen LogP contribution in [0.15, 0.2) is 86.1 Å². The van der Waals surface area contributed by atoms with Gasteiger partial charge in [0.1, 0.15) is 11.5 Å². The molecule has 1 atom stereocenters. The predicted octanol–water partition coefficient (Wildman–Crippen LogP) is 5.66. The van der Waals surface area contributed by atoms with Gasteiger partial charge in [0, 0.05) is 11.6 Å². The Labute approximate surface area is 246 Å². The minimum atomic E-state index is -1.00. The van der Waals surface area contributed by atoms with E-state index in [2.05, 4.69) is 13.8 Å². The molecule has 0 saturated heterocycles. The molecule has 0 fully saturated rings. The van der Waals surface area contributed by atoms with Crippen molar-refractivity contribution in [1.29, 1.82) is 0 Å². The van der Waals surface area contributed by atoms with Gasteiger partial charge >= 0.3 is 11.9 Å². The number of nitrogens with zero attached hydrogens (tertiary/aromatic N) is 2. The molecule has 1 aliphatic heterocycles. The van der Waals surface area contributed by atoms with Crippen LogP contribution >= 0.6 is 11.3 Å². The zero-order valence-corrected chi connectivity index (χ0v) is 24.7. The van der Waals surface area contributed by atoms with Gasteiger partial charge in [0.15, 0.2) is 4.80 Å². The van der Waals surface area contributed by atoms with Crippen LogP contribution in [0.4, 0.5) is 0 Å². The zero-order valence-electron chi connectivity index (χ0n) is 23.9. The van der Waals surface area contributed by atoms with Crippen LogP contribution in [0.3, 0.4) is 0 Å².